The van der Waals surface area contributed by atoms with E-state index in [2.05, 4.69) is 24.9 Å². The molecule has 1 nitrogen and oxygen atoms in total. The Morgan fingerprint density at radius 1 is 1.50 bits per heavy atom. The van der Waals surface area contributed by atoms with Crippen molar-refractivity contribution < 1.29 is 58.2 Å². The minimum absolute atomic E-state index is 0. The summed E-state index contributed by atoms with van der Waals surface area (Å²) in [5.74, 6) is 0.492. The molecule has 0 amide bonds. The van der Waals surface area contributed by atoms with Gasteiger partial charge in [0.1, 0.15) is 0 Å². The molecule has 2 heteroatoms. The third kappa shape index (κ3) is 3.38. The summed E-state index contributed by atoms with van der Waals surface area (Å²) in [6.07, 6.45) is 1.80. The van der Waals surface area contributed by atoms with Crippen LogP contribution in [0.3, 0.4) is 0 Å². The van der Waals surface area contributed by atoms with E-state index < -0.39 is 0 Å². The molecule has 0 atom stereocenters. The first-order valence-corrected chi connectivity index (χ1v) is 3.13. The van der Waals surface area contributed by atoms with Gasteiger partial charge in [-0.1, -0.05) is 20.0 Å². The predicted molar refractivity (Wildman–Crippen MR) is 37.2 cm³/mol. The molecule has 0 bridgehead atoms. The maximum atomic E-state index is 4.12. The van der Waals surface area contributed by atoms with Crippen LogP contribution in [-0.4, -0.2) is 4.98 Å². The minimum Gasteiger partial charge on any atom is -0.300 e. The molecule has 0 N–H and O–H groups in total. The second kappa shape index (κ2) is 5.59. The fraction of sp³-hybridized carbons (Fsp3) is 0.375. The maximum absolute atomic E-state index is 4.12. The standard InChI is InChI=1S/C8H10N.Rb/c1-7(2)8-5-3-4-6-9-8;/h3-4,6-7H,1-2H3;/q-1;+1. The van der Waals surface area contributed by atoms with Gasteiger partial charge in [0.25, 0.3) is 0 Å². The first kappa shape index (κ1) is 11.0. The van der Waals surface area contributed by atoms with Crippen molar-refractivity contribution in [1.29, 1.82) is 0 Å². The Morgan fingerprint density at radius 3 is 2.50 bits per heavy atom. The topological polar surface area (TPSA) is 12.9 Å². The molecule has 1 heterocycles. The van der Waals surface area contributed by atoms with Crippen LogP contribution in [0.1, 0.15) is 25.5 Å². The average molecular weight is 206 g/mol. The van der Waals surface area contributed by atoms with Gasteiger partial charge in [0.15, 0.2) is 0 Å². The van der Waals surface area contributed by atoms with Crippen LogP contribution in [-0.2, 0) is 0 Å². The average Bonchev–Trinajstić information content (AvgIpc) is 1.90. The number of nitrogens with zero attached hydrogens (tertiary/aromatic N) is 1. The van der Waals surface area contributed by atoms with Gasteiger partial charge in [0.2, 0.25) is 0 Å². The Hall–Kier alpha value is 0.955. The second-order valence-corrected chi connectivity index (χ2v) is 2.32. The van der Waals surface area contributed by atoms with E-state index in [1.165, 1.54) is 0 Å². The zero-order chi connectivity index (χ0) is 6.69. The molecule has 0 aliphatic carbocycles. The molecule has 48 valence electrons. The van der Waals surface area contributed by atoms with Crippen LogP contribution in [0, 0.1) is 6.07 Å². The molecular weight excluding hydrogens is 196 g/mol. The number of hydrogen-bond acceptors (Lipinski definition) is 1. The fourth-order valence-electron chi connectivity index (χ4n) is 0.653. The first-order valence-electron chi connectivity index (χ1n) is 3.13. The van der Waals surface area contributed by atoms with Gasteiger partial charge in [-0.15, -0.1) is 0 Å². The van der Waals surface area contributed by atoms with Gasteiger partial charge in [0.05, 0.1) is 0 Å². The Morgan fingerprint density at radius 2 is 2.20 bits per heavy atom. The summed E-state index contributed by atoms with van der Waals surface area (Å²) in [7, 11) is 0. The van der Waals surface area contributed by atoms with Crippen molar-refractivity contribution in [3.63, 3.8) is 0 Å². The molecule has 0 aliphatic heterocycles. The molecule has 0 radical (unpaired) electrons. The van der Waals surface area contributed by atoms with Crippen LogP contribution in [0.5, 0.6) is 0 Å². The van der Waals surface area contributed by atoms with Crippen LogP contribution >= 0.6 is 0 Å². The molecule has 1 aromatic rings. The van der Waals surface area contributed by atoms with Crippen molar-refractivity contribution in [3.05, 3.63) is 30.1 Å². The van der Waals surface area contributed by atoms with E-state index in [1.807, 2.05) is 12.1 Å². The van der Waals surface area contributed by atoms with Crippen molar-refractivity contribution in [1.82, 2.24) is 4.98 Å². The number of rotatable bonds is 1. The van der Waals surface area contributed by atoms with E-state index in [-0.39, 0.29) is 58.2 Å². The van der Waals surface area contributed by atoms with Crippen molar-refractivity contribution >= 4 is 0 Å². The summed E-state index contributed by atoms with van der Waals surface area (Å²) in [6.45, 7) is 4.22. The number of hydrogen-bond donors (Lipinski definition) is 0. The quantitative estimate of drug-likeness (QED) is 0.537. The van der Waals surface area contributed by atoms with Crippen LogP contribution in [0.15, 0.2) is 18.3 Å². The Kier molecular flexibility index (Phi) is 6.12. The Labute approximate surface area is 111 Å². The van der Waals surface area contributed by atoms with E-state index >= 15 is 0 Å². The Bertz CT molecular complexity index is 172. The SMILES string of the molecule is CC(C)c1[c-]cccn1.[Rb+]. The van der Waals surface area contributed by atoms with Crippen LogP contribution in [0.2, 0.25) is 0 Å². The van der Waals surface area contributed by atoms with Gasteiger partial charge in [0, 0.05) is 0 Å². The van der Waals surface area contributed by atoms with E-state index in [0.29, 0.717) is 5.92 Å². The molecule has 0 saturated heterocycles. The molecule has 10 heavy (non-hydrogen) atoms. The van der Waals surface area contributed by atoms with Crippen molar-refractivity contribution in [2.75, 3.05) is 0 Å². The number of pyridine rings is 1. The summed E-state index contributed by atoms with van der Waals surface area (Å²) in [6, 6.07) is 6.83. The molecule has 1 rings (SSSR count). The summed E-state index contributed by atoms with van der Waals surface area (Å²) < 4.78 is 0. The monoisotopic (exact) mass is 205 g/mol. The third-order valence-corrected chi connectivity index (χ3v) is 1.17. The van der Waals surface area contributed by atoms with Crippen molar-refractivity contribution in [3.8, 4) is 0 Å². The molecule has 0 aromatic carbocycles. The smallest absolute Gasteiger partial charge is 0.300 e. The molecule has 0 unspecified atom stereocenters. The van der Waals surface area contributed by atoms with Crippen molar-refractivity contribution in [2.45, 2.75) is 19.8 Å². The first-order chi connectivity index (χ1) is 4.30. The van der Waals surface area contributed by atoms with Crippen LogP contribution in [0.25, 0.3) is 0 Å². The van der Waals surface area contributed by atoms with E-state index in [9.17, 15) is 0 Å². The largest absolute Gasteiger partial charge is 1.00 e. The number of aromatic nitrogens is 1. The zero-order valence-corrected chi connectivity index (χ0v) is 11.7. The summed E-state index contributed by atoms with van der Waals surface area (Å²) in [4.78, 5) is 4.12. The van der Waals surface area contributed by atoms with Gasteiger partial charge >= 0.3 is 58.2 Å². The van der Waals surface area contributed by atoms with Gasteiger partial charge in [-0.05, 0) is 11.6 Å². The van der Waals surface area contributed by atoms with Gasteiger partial charge < -0.3 is 4.98 Å². The minimum atomic E-state index is 0. The third-order valence-electron chi connectivity index (χ3n) is 1.17. The molecule has 1 aromatic heterocycles. The fourth-order valence-corrected chi connectivity index (χ4v) is 0.653. The van der Waals surface area contributed by atoms with Gasteiger partial charge in [-0.2, -0.15) is 6.07 Å². The summed E-state index contributed by atoms with van der Waals surface area (Å²) in [5, 5.41) is 0. The maximum Gasteiger partial charge on any atom is 1.00 e. The van der Waals surface area contributed by atoms with E-state index in [0.717, 1.165) is 5.69 Å². The van der Waals surface area contributed by atoms with Crippen molar-refractivity contribution in [2.24, 2.45) is 0 Å². The van der Waals surface area contributed by atoms with Gasteiger partial charge in [-0.25, -0.2) is 12.1 Å². The van der Waals surface area contributed by atoms with E-state index in [1.54, 1.807) is 6.20 Å². The van der Waals surface area contributed by atoms with Crippen LogP contribution in [0.4, 0.5) is 0 Å². The van der Waals surface area contributed by atoms with E-state index in [4.69, 9.17) is 0 Å². The predicted octanol–water partition coefficient (Wildman–Crippen LogP) is -0.991. The summed E-state index contributed by atoms with van der Waals surface area (Å²) >= 11 is 0. The normalized spacial score (nSPS) is 9.10. The molecule has 0 saturated carbocycles. The Balaban J connectivity index is 0.000000810. The van der Waals surface area contributed by atoms with Gasteiger partial charge in [-0.3, -0.25) is 0 Å². The van der Waals surface area contributed by atoms with Crippen LogP contribution < -0.4 is 58.2 Å². The molecular formula is C8H10NRb. The molecule has 0 spiro atoms. The zero-order valence-electron chi connectivity index (χ0n) is 6.76. The molecule has 0 aliphatic rings. The second-order valence-electron chi connectivity index (χ2n) is 2.32. The molecule has 0 fully saturated rings. The summed E-state index contributed by atoms with van der Waals surface area (Å²) in [5.41, 5.74) is 1.04.